The highest BCUT2D eigenvalue weighted by Gasteiger charge is 2.47. The molecule has 0 radical (unpaired) electrons. The van der Waals surface area contributed by atoms with Crippen LogP contribution in [0.15, 0.2) is 36.4 Å². The van der Waals surface area contributed by atoms with Gasteiger partial charge in [-0.3, -0.25) is 4.79 Å². The van der Waals surface area contributed by atoms with Crippen molar-refractivity contribution in [2.24, 2.45) is 0 Å². The molecule has 1 N–H and O–H groups in total. The average molecular weight is 413 g/mol. The number of allylic oxidation sites excluding steroid dienone is 2. The average Bonchev–Trinajstić information content (AvgIpc) is 2.71. The second kappa shape index (κ2) is 8.22. The highest BCUT2D eigenvalue weighted by Crippen LogP contribution is 2.45. The smallest absolute Gasteiger partial charge is 0.232 e. The quantitative estimate of drug-likeness (QED) is 0.752. The second-order valence-corrected chi connectivity index (χ2v) is 7.94. The molecule has 0 bridgehead atoms. The Morgan fingerprint density at radius 1 is 1.30 bits per heavy atom. The zero-order valence-corrected chi connectivity index (χ0v) is 17.1. The van der Waals surface area contributed by atoms with Crippen molar-refractivity contribution in [3.05, 3.63) is 59.3 Å². The summed E-state index contributed by atoms with van der Waals surface area (Å²) >= 11 is 0. The maximum Gasteiger partial charge on any atom is 0.232 e. The molecule has 0 spiro atoms. The van der Waals surface area contributed by atoms with Gasteiger partial charge in [-0.1, -0.05) is 25.1 Å². The van der Waals surface area contributed by atoms with Crippen molar-refractivity contribution >= 4 is 5.91 Å². The van der Waals surface area contributed by atoms with Crippen LogP contribution in [0.25, 0.3) is 11.3 Å². The number of carbonyl (C=O) groups excluding carboxylic acids is 1. The fourth-order valence-electron chi connectivity index (χ4n) is 4.40. The molecule has 1 aromatic heterocycles. The summed E-state index contributed by atoms with van der Waals surface area (Å²) in [6.45, 7) is 4.91. The van der Waals surface area contributed by atoms with Crippen LogP contribution in [0.5, 0.6) is 0 Å². The van der Waals surface area contributed by atoms with Crippen molar-refractivity contribution in [1.82, 2.24) is 15.5 Å². The molecule has 4 rings (SSSR count). The summed E-state index contributed by atoms with van der Waals surface area (Å²) in [5.74, 6) is -1.45. The number of aromatic nitrogens is 2. The van der Waals surface area contributed by atoms with E-state index in [1.165, 1.54) is 18.2 Å². The van der Waals surface area contributed by atoms with E-state index in [2.05, 4.69) is 15.5 Å². The monoisotopic (exact) mass is 413 g/mol. The van der Waals surface area contributed by atoms with Crippen molar-refractivity contribution < 1.29 is 18.3 Å². The van der Waals surface area contributed by atoms with Crippen LogP contribution in [0.1, 0.15) is 50.3 Å². The number of carbonyl (C=O) groups is 1. The largest absolute Gasteiger partial charge is 0.377 e. The zero-order valence-electron chi connectivity index (χ0n) is 17.1. The number of fused-ring (bicyclic) bond motifs is 1. The van der Waals surface area contributed by atoms with Gasteiger partial charge in [0.05, 0.1) is 41.6 Å². The summed E-state index contributed by atoms with van der Waals surface area (Å²) < 4.78 is 33.9. The van der Waals surface area contributed by atoms with E-state index in [1.807, 2.05) is 26.0 Å². The van der Waals surface area contributed by atoms with Crippen molar-refractivity contribution in [1.29, 1.82) is 0 Å². The number of halogens is 2. The molecule has 2 aliphatic rings. The molecule has 1 aliphatic heterocycles. The first kappa shape index (κ1) is 20.6. The SMILES string of the molecule is C/C=C\[C@H]1CC[C@](CC)(C(=O)NC2COC2)c2nnc(-c3c(F)cccc3F)cc21. The predicted octanol–water partition coefficient (Wildman–Crippen LogP) is 4.04. The molecule has 2 atom stereocenters. The molecule has 1 aromatic carbocycles. The Kier molecular flexibility index (Phi) is 5.64. The van der Waals surface area contributed by atoms with Crippen LogP contribution < -0.4 is 5.32 Å². The van der Waals surface area contributed by atoms with Gasteiger partial charge in [-0.25, -0.2) is 8.78 Å². The lowest BCUT2D eigenvalue weighted by molar-refractivity contribution is -0.132. The summed E-state index contributed by atoms with van der Waals surface area (Å²) in [6, 6.07) is 5.43. The van der Waals surface area contributed by atoms with E-state index >= 15 is 0 Å². The van der Waals surface area contributed by atoms with Crippen LogP contribution in [0.2, 0.25) is 0 Å². The Labute approximate surface area is 174 Å². The first-order valence-electron chi connectivity index (χ1n) is 10.3. The summed E-state index contributed by atoms with van der Waals surface area (Å²) in [7, 11) is 0. The molecule has 1 fully saturated rings. The van der Waals surface area contributed by atoms with E-state index in [9.17, 15) is 13.6 Å². The van der Waals surface area contributed by atoms with Gasteiger partial charge < -0.3 is 10.1 Å². The van der Waals surface area contributed by atoms with Gasteiger partial charge in [0.1, 0.15) is 11.6 Å². The maximum absolute atomic E-state index is 14.4. The highest BCUT2D eigenvalue weighted by atomic mass is 19.1. The lowest BCUT2D eigenvalue weighted by Crippen LogP contribution is -2.56. The molecular formula is C23H25F2N3O2. The lowest BCUT2D eigenvalue weighted by atomic mass is 9.67. The third-order valence-corrected chi connectivity index (χ3v) is 6.21. The van der Waals surface area contributed by atoms with Crippen LogP contribution in [-0.2, 0) is 14.9 Å². The van der Waals surface area contributed by atoms with Crippen molar-refractivity contribution in [2.75, 3.05) is 13.2 Å². The Hall–Kier alpha value is -2.67. The van der Waals surface area contributed by atoms with E-state index in [0.717, 1.165) is 12.0 Å². The number of benzene rings is 1. The van der Waals surface area contributed by atoms with Gasteiger partial charge in [-0.15, -0.1) is 5.10 Å². The number of nitrogens with one attached hydrogen (secondary N) is 1. The van der Waals surface area contributed by atoms with Gasteiger partial charge in [0.15, 0.2) is 0 Å². The van der Waals surface area contributed by atoms with Gasteiger partial charge in [0.25, 0.3) is 0 Å². The number of hydrogen-bond acceptors (Lipinski definition) is 4. The topological polar surface area (TPSA) is 64.1 Å². The Morgan fingerprint density at radius 2 is 2.03 bits per heavy atom. The summed E-state index contributed by atoms with van der Waals surface area (Å²) in [6.07, 6.45) is 5.92. The van der Waals surface area contributed by atoms with Crippen LogP contribution >= 0.6 is 0 Å². The molecule has 0 unspecified atom stereocenters. The molecule has 30 heavy (non-hydrogen) atoms. The molecular weight excluding hydrogens is 388 g/mol. The number of nitrogens with zero attached hydrogens (tertiary/aromatic N) is 2. The van der Waals surface area contributed by atoms with Crippen LogP contribution in [0.4, 0.5) is 8.78 Å². The summed E-state index contributed by atoms with van der Waals surface area (Å²) in [5.41, 5.74) is 0.517. The van der Waals surface area contributed by atoms with Crippen LogP contribution in [0.3, 0.4) is 0 Å². The fraction of sp³-hybridized carbons (Fsp3) is 0.435. The molecule has 7 heteroatoms. The minimum atomic E-state index is -0.817. The predicted molar refractivity (Wildman–Crippen MR) is 109 cm³/mol. The van der Waals surface area contributed by atoms with E-state index < -0.39 is 17.0 Å². The molecule has 1 amide bonds. The third-order valence-electron chi connectivity index (χ3n) is 6.21. The van der Waals surface area contributed by atoms with Gasteiger partial charge in [-0.2, -0.15) is 5.10 Å². The Morgan fingerprint density at radius 3 is 2.63 bits per heavy atom. The zero-order chi connectivity index (χ0) is 21.3. The number of amides is 1. The maximum atomic E-state index is 14.4. The molecule has 0 saturated carbocycles. The van der Waals surface area contributed by atoms with Gasteiger partial charge in [0.2, 0.25) is 5.91 Å². The minimum absolute atomic E-state index is 0.00796. The second-order valence-electron chi connectivity index (χ2n) is 7.94. The first-order valence-corrected chi connectivity index (χ1v) is 10.3. The summed E-state index contributed by atoms with van der Waals surface area (Å²) in [5, 5.41) is 11.6. The third kappa shape index (κ3) is 3.41. The standard InChI is InChI=1S/C23H25F2N3O2/c1-3-6-14-9-10-23(4-2,22(29)26-15-12-30-13-15)21-16(14)11-19(27-28-21)20-17(24)7-5-8-18(20)25/h3,5-8,11,14-15H,4,9-10,12-13H2,1-2H3,(H,26,29)/b6-3-/t14-,23-/m0/s1. The van der Waals surface area contributed by atoms with E-state index in [0.29, 0.717) is 31.7 Å². The minimum Gasteiger partial charge on any atom is -0.377 e. The van der Waals surface area contributed by atoms with Crippen molar-refractivity contribution in [3.63, 3.8) is 0 Å². The molecule has 5 nitrogen and oxygen atoms in total. The molecule has 2 aromatic rings. The van der Waals surface area contributed by atoms with Gasteiger partial charge in [-0.05, 0) is 49.9 Å². The number of rotatable bonds is 5. The van der Waals surface area contributed by atoms with Crippen LogP contribution in [0, 0.1) is 11.6 Å². The molecule has 158 valence electrons. The van der Waals surface area contributed by atoms with Crippen molar-refractivity contribution in [2.45, 2.75) is 50.5 Å². The van der Waals surface area contributed by atoms with Crippen LogP contribution in [-0.4, -0.2) is 35.4 Å². The fourth-order valence-corrected chi connectivity index (χ4v) is 4.40. The van der Waals surface area contributed by atoms with E-state index in [4.69, 9.17) is 4.74 Å². The highest BCUT2D eigenvalue weighted by molar-refractivity contribution is 5.89. The lowest BCUT2D eigenvalue weighted by Gasteiger charge is -2.40. The van der Waals surface area contributed by atoms with E-state index in [-0.39, 0.29) is 29.1 Å². The number of hydrogen-bond donors (Lipinski definition) is 1. The van der Waals surface area contributed by atoms with Gasteiger partial charge in [0, 0.05) is 5.92 Å². The molecule has 2 heterocycles. The molecule has 1 aliphatic carbocycles. The van der Waals surface area contributed by atoms with Gasteiger partial charge >= 0.3 is 0 Å². The molecule has 1 saturated heterocycles. The Bertz CT molecular complexity index is 970. The van der Waals surface area contributed by atoms with Crippen molar-refractivity contribution in [3.8, 4) is 11.3 Å². The summed E-state index contributed by atoms with van der Waals surface area (Å²) in [4.78, 5) is 13.3. The first-order chi connectivity index (χ1) is 14.5. The Balaban J connectivity index is 1.82. The number of ether oxygens (including phenoxy) is 1. The van der Waals surface area contributed by atoms with E-state index in [1.54, 1.807) is 6.07 Å². The normalized spacial score (nSPS) is 23.8.